The van der Waals surface area contributed by atoms with Crippen LogP contribution in [0.1, 0.15) is 23.7 Å². The van der Waals surface area contributed by atoms with Crippen LogP contribution in [0.3, 0.4) is 0 Å². The van der Waals surface area contributed by atoms with Crippen molar-refractivity contribution in [2.75, 3.05) is 13.7 Å². The second-order valence-corrected chi connectivity index (χ2v) is 3.75. The van der Waals surface area contributed by atoms with E-state index in [0.717, 1.165) is 5.56 Å². The van der Waals surface area contributed by atoms with Crippen molar-refractivity contribution in [1.29, 1.82) is 0 Å². The maximum Gasteiger partial charge on any atom is 0.105 e. The Labute approximate surface area is 95.6 Å². The summed E-state index contributed by atoms with van der Waals surface area (Å²) in [4.78, 5) is 0. The maximum atomic E-state index is 9.94. The second kappa shape index (κ2) is 6.60. The number of rotatable bonds is 6. The summed E-state index contributed by atoms with van der Waals surface area (Å²) in [6.45, 7) is 0.505. The van der Waals surface area contributed by atoms with Gasteiger partial charge in [-0.05, 0) is 24.6 Å². The Morgan fingerprint density at radius 1 is 1.25 bits per heavy atom. The minimum Gasteiger partial charge on any atom is -0.396 e. The van der Waals surface area contributed by atoms with Gasteiger partial charge in [0.15, 0.2) is 0 Å². The van der Waals surface area contributed by atoms with E-state index < -0.39 is 12.2 Å². The number of aliphatic hydroxyl groups excluding tert-OH is 3. The van der Waals surface area contributed by atoms with Crippen LogP contribution in [-0.2, 0) is 6.54 Å². The Morgan fingerprint density at radius 3 is 2.56 bits per heavy atom. The molecule has 0 bridgehead atoms. The van der Waals surface area contributed by atoms with E-state index in [-0.39, 0.29) is 13.0 Å². The third-order valence-electron chi connectivity index (χ3n) is 2.53. The van der Waals surface area contributed by atoms with E-state index in [1.807, 2.05) is 25.2 Å². The molecule has 0 heterocycles. The van der Waals surface area contributed by atoms with E-state index in [4.69, 9.17) is 5.11 Å². The average molecular weight is 225 g/mol. The molecule has 1 aromatic carbocycles. The SMILES string of the molecule is CNCc1ccccc1C(O)C(O)CCO. The normalized spacial score (nSPS) is 14.8. The average Bonchev–Trinajstić information content (AvgIpc) is 2.29. The molecule has 0 aliphatic rings. The minimum atomic E-state index is -0.948. The van der Waals surface area contributed by atoms with E-state index in [0.29, 0.717) is 12.1 Å². The standard InChI is InChI=1S/C12H19NO3/c1-13-8-9-4-2-3-5-10(9)12(16)11(15)6-7-14/h2-5,11-16H,6-8H2,1H3. The lowest BCUT2D eigenvalue weighted by Gasteiger charge is -2.20. The van der Waals surface area contributed by atoms with Gasteiger partial charge in [0.1, 0.15) is 6.10 Å². The zero-order chi connectivity index (χ0) is 12.0. The topological polar surface area (TPSA) is 72.7 Å². The third-order valence-corrected chi connectivity index (χ3v) is 2.53. The highest BCUT2D eigenvalue weighted by Crippen LogP contribution is 2.22. The van der Waals surface area contributed by atoms with Gasteiger partial charge in [-0.15, -0.1) is 0 Å². The van der Waals surface area contributed by atoms with Crippen LogP contribution in [0.15, 0.2) is 24.3 Å². The highest BCUT2D eigenvalue weighted by atomic mass is 16.3. The molecule has 1 aromatic rings. The van der Waals surface area contributed by atoms with Crippen LogP contribution in [0.25, 0.3) is 0 Å². The van der Waals surface area contributed by atoms with Gasteiger partial charge in [0.05, 0.1) is 6.10 Å². The van der Waals surface area contributed by atoms with Gasteiger partial charge < -0.3 is 20.6 Å². The summed E-state index contributed by atoms with van der Waals surface area (Å²) >= 11 is 0. The molecular formula is C12H19NO3. The first-order valence-electron chi connectivity index (χ1n) is 5.40. The van der Waals surface area contributed by atoms with Crippen molar-refractivity contribution < 1.29 is 15.3 Å². The smallest absolute Gasteiger partial charge is 0.105 e. The summed E-state index contributed by atoms with van der Waals surface area (Å²) in [6.07, 6.45) is -1.70. The first kappa shape index (κ1) is 13.1. The summed E-state index contributed by atoms with van der Waals surface area (Å²) in [7, 11) is 1.83. The Kier molecular flexibility index (Phi) is 5.42. The van der Waals surface area contributed by atoms with Crippen molar-refractivity contribution in [3.63, 3.8) is 0 Å². The molecule has 0 fully saturated rings. The predicted molar refractivity (Wildman–Crippen MR) is 61.9 cm³/mol. The summed E-state index contributed by atoms with van der Waals surface area (Å²) < 4.78 is 0. The predicted octanol–water partition coefficient (Wildman–Crippen LogP) is 0.183. The van der Waals surface area contributed by atoms with Gasteiger partial charge in [0.25, 0.3) is 0 Å². The molecule has 4 heteroatoms. The second-order valence-electron chi connectivity index (χ2n) is 3.75. The van der Waals surface area contributed by atoms with Gasteiger partial charge in [-0.2, -0.15) is 0 Å². The fraction of sp³-hybridized carbons (Fsp3) is 0.500. The van der Waals surface area contributed by atoms with Gasteiger partial charge in [0, 0.05) is 13.2 Å². The van der Waals surface area contributed by atoms with Gasteiger partial charge >= 0.3 is 0 Å². The van der Waals surface area contributed by atoms with Crippen molar-refractivity contribution in [2.45, 2.75) is 25.2 Å². The van der Waals surface area contributed by atoms with Gasteiger partial charge in [-0.3, -0.25) is 0 Å². The zero-order valence-corrected chi connectivity index (χ0v) is 9.43. The molecule has 0 aliphatic carbocycles. The Morgan fingerprint density at radius 2 is 1.94 bits per heavy atom. The van der Waals surface area contributed by atoms with Crippen molar-refractivity contribution in [1.82, 2.24) is 5.32 Å². The Bertz CT molecular complexity index is 317. The highest BCUT2D eigenvalue weighted by Gasteiger charge is 2.19. The van der Waals surface area contributed by atoms with E-state index in [1.165, 1.54) is 0 Å². The van der Waals surface area contributed by atoms with E-state index in [1.54, 1.807) is 6.07 Å². The van der Waals surface area contributed by atoms with Crippen molar-refractivity contribution >= 4 is 0 Å². The molecule has 0 spiro atoms. The number of nitrogens with one attached hydrogen (secondary N) is 1. The molecule has 0 aliphatic heterocycles. The van der Waals surface area contributed by atoms with Crippen LogP contribution in [-0.4, -0.2) is 35.1 Å². The monoisotopic (exact) mass is 225 g/mol. The van der Waals surface area contributed by atoms with Crippen LogP contribution in [0.5, 0.6) is 0 Å². The quantitative estimate of drug-likeness (QED) is 0.557. The molecule has 0 saturated carbocycles. The van der Waals surface area contributed by atoms with Gasteiger partial charge in [0.2, 0.25) is 0 Å². The Hall–Kier alpha value is -0.940. The number of hydrogen-bond donors (Lipinski definition) is 4. The Balaban J connectivity index is 2.84. The molecule has 2 atom stereocenters. The molecule has 0 amide bonds. The number of hydrogen-bond acceptors (Lipinski definition) is 4. The molecule has 0 aromatic heterocycles. The van der Waals surface area contributed by atoms with Crippen LogP contribution in [0.2, 0.25) is 0 Å². The maximum absolute atomic E-state index is 9.94. The fourth-order valence-electron chi connectivity index (χ4n) is 1.67. The van der Waals surface area contributed by atoms with Crippen molar-refractivity contribution in [2.24, 2.45) is 0 Å². The van der Waals surface area contributed by atoms with Crippen molar-refractivity contribution in [3.8, 4) is 0 Å². The van der Waals surface area contributed by atoms with E-state index in [2.05, 4.69) is 5.32 Å². The lowest BCUT2D eigenvalue weighted by Crippen LogP contribution is -2.21. The number of benzene rings is 1. The highest BCUT2D eigenvalue weighted by molar-refractivity contribution is 5.29. The molecular weight excluding hydrogens is 206 g/mol. The minimum absolute atomic E-state index is 0.133. The summed E-state index contributed by atoms with van der Waals surface area (Å²) in [5.74, 6) is 0. The molecule has 4 nitrogen and oxygen atoms in total. The number of aliphatic hydroxyl groups is 3. The summed E-state index contributed by atoms with van der Waals surface area (Å²) in [6, 6.07) is 7.41. The van der Waals surface area contributed by atoms with Crippen molar-refractivity contribution in [3.05, 3.63) is 35.4 Å². The molecule has 90 valence electrons. The van der Waals surface area contributed by atoms with Gasteiger partial charge in [-0.25, -0.2) is 0 Å². The molecule has 1 rings (SSSR count). The van der Waals surface area contributed by atoms with E-state index in [9.17, 15) is 10.2 Å². The van der Waals surface area contributed by atoms with Crippen LogP contribution < -0.4 is 5.32 Å². The van der Waals surface area contributed by atoms with Crippen LogP contribution >= 0.6 is 0 Å². The summed E-state index contributed by atoms with van der Waals surface area (Å²) in [5.41, 5.74) is 1.66. The first-order valence-corrected chi connectivity index (χ1v) is 5.40. The van der Waals surface area contributed by atoms with E-state index >= 15 is 0 Å². The fourth-order valence-corrected chi connectivity index (χ4v) is 1.67. The van der Waals surface area contributed by atoms with Gasteiger partial charge in [-0.1, -0.05) is 24.3 Å². The first-order chi connectivity index (χ1) is 7.70. The zero-order valence-electron chi connectivity index (χ0n) is 9.43. The lowest BCUT2D eigenvalue weighted by molar-refractivity contribution is 0.00372. The summed E-state index contributed by atoms with van der Waals surface area (Å²) in [5, 5.41) is 31.3. The molecule has 0 radical (unpaired) electrons. The lowest BCUT2D eigenvalue weighted by atomic mass is 9.97. The van der Waals surface area contributed by atoms with Crippen LogP contribution in [0.4, 0.5) is 0 Å². The largest absolute Gasteiger partial charge is 0.396 e. The molecule has 2 unspecified atom stereocenters. The molecule has 16 heavy (non-hydrogen) atoms. The van der Waals surface area contributed by atoms with Crippen LogP contribution in [0, 0.1) is 0 Å². The molecule has 4 N–H and O–H groups in total. The third kappa shape index (κ3) is 3.28. The molecule has 0 saturated heterocycles.